The van der Waals surface area contributed by atoms with Crippen LogP contribution in [-0.4, -0.2) is 24.7 Å². The van der Waals surface area contributed by atoms with Gasteiger partial charge in [-0.05, 0) is 30.3 Å². The highest BCUT2D eigenvalue weighted by atomic mass is 35.5. The summed E-state index contributed by atoms with van der Waals surface area (Å²) in [6, 6.07) is 12.1. The minimum atomic E-state index is -0.418. The number of anilines is 1. The second-order valence-electron chi connectivity index (χ2n) is 5.11. The Hall–Kier alpha value is -1.69. The van der Waals surface area contributed by atoms with Crippen LogP contribution in [0.1, 0.15) is 21.3 Å². The van der Waals surface area contributed by atoms with E-state index >= 15 is 0 Å². The second kappa shape index (κ2) is 7.05. The Kier molecular flexibility index (Phi) is 5.04. The van der Waals surface area contributed by atoms with Gasteiger partial charge >= 0.3 is 5.97 Å². The molecule has 0 aliphatic carbocycles. The number of halogens is 2. The summed E-state index contributed by atoms with van der Waals surface area (Å²) in [5.74, 6) is -0.0864. The van der Waals surface area contributed by atoms with Gasteiger partial charge in [0.05, 0.1) is 28.5 Å². The maximum atomic E-state index is 12.4. The van der Waals surface area contributed by atoms with E-state index in [2.05, 4.69) is 4.74 Å². The quantitative estimate of drug-likeness (QED) is 0.731. The third-order valence-electron chi connectivity index (χ3n) is 3.68. The van der Waals surface area contributed by atoms with Crippen LogP contribution in [-0.2, 0) is 9.53 Å². The van der Waals surface area contributed by atoms with Crippen molar-refractivity contribution in [1.29, 1.82) is 0 Å². The average molecular weight is 382 g/mol. The Balaban J connectivity index is 1.97. The number of thioether (sulfide) groups is 1. The van der Waals surface area contributed by atoms with Crippen molar-refractivity contribution in [3.63, 3.8) is 0 Å². The van der Waals surface area contributed by atoms with Crippen molar-refractivity contribution >= 4 is 52.5 Å². The number of rotatable bonds is 3. The van der Waals surface area contributed by atoms with Crippen molar-refractivity contribution in [2.75, 3.05) is 17.8 Å². The molecule has 1 heterocycles. The third kappa shape index (κ3) is 3.11. The van der Waals surface area contributed by atoms with Gasteiger partial charge in [-0.15, -0.1) is 11.8 Å². The number of benzene rings is 2. The smallest absolute Gasteiger partial charge is 0.337 e. The standard InChI is InChI=1S/C17H13Cl2NO3S/c1-23-17(22)10-5-7-11(8-6-10)20-14(21)9-24-16(20)12-3-2-4-13(18)15(12)19/h2-8,16H,9H2,1H3/t16-/m1/s1. The number of amides is 1. The SMILES string of the molecule is COC(=O)c1ccc(N2C(=O)CS[C@@H]2c2cccc(Cl)c2Cl)cc1. The van der Waals surface area contributed by atoms with Crippen LogP contribution < -0.4 is 4.90 Å². The first-order valence-corrected chi connectivity index (χ1v) is 8.89. The summed E-state index contributed by atoms with van der Waals surface area (Å²) >= 11 is 13.9. The molecule has 124 valence electrons. The van der Waals surface area contributed by atoms with Gasteiger partial charge in [-0.1, -0.05) is 35.3 Å². The van der Waals surface area contributed by atoms with Crippen LogP contribution in [0.15, 0.2) is 42.5 Å². The summed E-state index contributed by atoms with van der Waals surface area (Å²) < 4.78 is 4.69. The summed E-state index contributed by atoms with van der Waals surface area (Å²) in [5.41, 5.74) is 1.91. The van der Waals surface area contributed by atoms with E-state index in [-0.39, 0.29) is 11.3 Å². The van der Waals surface area contributed by atoms with E-state index in [1.54, 1.807) is 35.2 Å². The predicted octanol–water partition coefficient (Wildman–Crippen LogP) is 4.56. The molecule has 3 rings (SSSR count). The number of carbonyl (C=O) groups excluding carboxylic acids is 2. The Morgan fingerprint density at radius 3 is 2.58 bits per heavy atom. The molecule has 4 nitrogen and oxygen atoms in total. The van der Waals surface area contributed by atoms with E-state index in [9.17, 15) is 9.59 Å². The van der Waals surface area contributed by atoms with Gasteiger partial charge in [0.1, 0.15) is 5.37 Å². The maximum absolute atomic E-state index is 12.4. The van der Waals surface area contributed by atoms with Crippen molar-refractivity contribution in [3.8, 4) is 0 Å². The van der Waals surface area contributed by atoms with Gasteiger partial charge in [0.25, 0.3) is 0 Å². The monoisotopic (exact) mass is 381 g/mol. The highest BCUT2D eigenvalue weighted by molar-refractivity contribution is 8.00. The fraction of sp³-hybridized carbons (Fsp3) is 0.176. The largest absolute Gasteiger partial charge is 0.465 e. The van der Waals surface area contributed by atoms with E-state index in [0.717, 1.165) is 5.56 Å². The topological polar surface area (TPSA) is 46.6 Å². The molecule has 0 saturated carbocycles. The molecule has 1 saturated heterocycles. The molecule has 1 atom stereocenters. The normalized spacial score (nSPS) is 17.2. The molecular formula is C17H13Cl2NO3S. The minimum Gasteiger partial charge on any atom is -0.465 e. The van der Waals surface area contributed by atoms with E-state index in [1.807, 2.05) is 12.1 Å². The van der Waals surface area contributed by atoms with Crippen LogP contribution in [0.4, 0.5) is 5.69 Å². The molecule has 24 heavy (non-hydrogen) atoms. The van der Waals surface area contributed by atoms with Crippen LogP contribution >= 0.6 is 35.0 Å². The van der Waals surface area contributed by atoms with Gasteiger partial charge in [-0.25, -0.2) is 4.79 Å². The molecule has 2 aromatic rings. The maximum Gasteiger partial charge on any atom is 0.337 e. The molecule has 1 amide bonds. The summed E-state index contributed by atoms with van der Waals surface area (Å²) in [5, 5.41) is 0.644. The molecule has 0 unspecified atom stereocenters. The first-order valence-electron chi connectivity index (χ1n) is 7.09. The number of esters is 1. The Morgan fingerprint density at radius 2 is 1.92 bits per heavy atom. The lowest BCUT2D eigenvalue weighted by atomic mass is 10.1. The highest BCUT2D eigenvalue weighted by Gasteiger charge is 2.35. The second-order valence-corrected chi connectivity index (χ2v) is 6.96. The van der Waals surface area contributed by atoms with Gasteiger partial charge in [0, 0.05) is 11.3 Å². The van der Waals surface area contributed by atoms with Crippen LogP contribution in [0, 0.1) is 0 Å². The molecular weight excluding hydrogens is 369 g/mol. The lowest BCUT2D eigenvalue weighted by Crippen LogP contribution is -2.28. The van der Waals surface area contributed by atoms with Crippen LogP contribution in [0.25, 0.3) is 0 Å². The number of hydrogen-bond donors (Lipinski definition) is 0. The van der Waals surface area contributed by atoms with Crippen molar-refractivity contribution in [2.45, 2.75) is 5.37 Å². The molecule has 0 bridgehead atoms. The molecule has 2 aromatic carbocycles. The van der Waals surface area contributed by atoms with Crippen LogP contribution in [0.3, 0.4) is 0 Å². The Morgan fingerprint density at radius 1 is 1.21 bits per heavy atom. The minimum absolute atomic E-state index is 0.0214. The Labute approximate surface area is 153 Å². The fourth-order valence-corrected chi connectivity index (χ4v) is 4.20. The van der Waals surface area contributed by atoms with E-state index in [1.165, 1.54) is 18.9 Å². The van der Waals surface area contributed by atoms with Crippen molar-refractivity contribution < 1.29 is 14.3 Å². The van der Waals surface area contributed by atoms with E-state index in [4.69, 9.17) is 23.2 Å². The Bertz CT molecular complexity index is 795. The molecule has 0 N–H and O–H groups in total. The fourth-order valence-electron chi connectivity index (χ4n) is 2.52. The zero-order valence-electron chi connectivity index (χ0n) is 12.7. The highest BCUT2D eigenvalue weighted by Crippen LogP contribution is 2.45. The molecule has 1 aliphatic heterocycles. The van der Waals surface area contributed by atoms with Gasteiger partial charge in [0.15, 0.2) is 0 Å². The van der Waals surface area contributed by atoms with Gasteiger partial charge < -0.3 is 4.74 Å². The van der Waals surface area contributed by atoms with Crippen LogP contribution in [0.5, 0.6) is 0 Å². The zero-order valence-corrected chi connectivity index (χ0v) is 15.0. The molecule has 0 aromatic heterocycles. The summed E-state index contributed by atoms with van der Waals surface area (Å²) in [4.78, 5) is 25.6. The van der Waals surface area contributed by atoms with E-state index < -0.39 is 5.97 Å². The van der Waals surface area contributed by atoms with Crippen LogP contribution in [0.2, 0.25) is 10.0 Å². The molecule has 7 heteroatoms. The number of carbonyl (C=O) groups is 2. The molecule has 1 aliphatic rings. The predicted molar refractivity (Wildman–Crippen MR) is 96.9 cm³/mol. The lowest BCUT2D eigenvalue weighted by Gasteiger charge is -2.25. The summed E-state index contributed by atoms with van der Waals surface area (Å²) in [6.45, 7) is 0. The van der Waals surface area contributed by atoms with Gasteiger partial charge in [0.2, 0.25) is 5.91 Å². The third-order valence-corrected chi connectivity index (χ3v) is 5.71. The molecule has 0 radical (unpaired) electrons. The first-order chi connectivity index (χ1) is 11.5. The molecule has 0 spiro atoms. The molecule has 1 fully saturated rings. The van der Waals surface area contributed by atoms with Crippen molar-refractivity contribution in [1.82, 2.24) is 0 Å². The number of hydrogen-bond acceptors (Lipinski definition) is 4. The number of methoxy groups -OCH3 is 1. The van der Waals surface area contributed by atoms with E-state index in [0.29, 0.717) is 27.0 Å². The lowest BCUT2D eigenvalue weighted by molar-refractivity contribution is -0.115. The zero-order chi connectivity index (χ0) is 17.3. The van der Waals surface area contributed by atoms with Gasteiger partial charge in [-0.3, -0.25) is 9.69 Å². The average Bonchev–Trinajstić information content (AvgIpc) is 2.98. The van der Waals surface area contributed by atoms with Crippen molar-refractivity contribution in [2.24, 2.45) is 0 Å². The number of nitrogens with zero attached hydrogens (tertiary/aromatic N) is 1. The summed E-state index contributed by atoms with van der Waals surface area (Å²) in [7, 11) is 1.33. The van der Waals surface area contributed by atoms with Gasteiger partial charge in [-0.2, -0.15) is 0 Å². The number of ether oxygens (including phenoxy) is 1. The van der Waals surface area contributed by atoms with Crippen molar-refractivity contribution in [3.05, 3.63) is 63.6 Å². The summed E-state index contributed by atoms with van der Waals surface area (Å²) in [6.07, 6.45) is 0. The first kappa shape index (κ1) is 17.1.